The van der Waals surface area contributed by atoms with Crippen molar-refractivity contribution in [3.63, 3.8) is 0 Å². The summed E-state index contributed by atoms with van der Waals surface area (Å²) in [5, 5.41) is 2.61. The maximum absolute atomic E-state index is 12.8. The van der Waals surface area contributed by atoms with Gasteiger partial charge in [0.15, 0.2) is 12.4 Å². The highest BCUT2D eigenvalue weighted by atomic mass is 19.1. The number of ether oxygens (including phenoxy) is 1. The van der Waals surface area contributed by atoms with Gasteiger partial charge in [0.2, 0.25) is 0 Å². The molecule has 1 amide bonds. The van der Waals surface area contributed by atoms with Gasteiger partial charge < -0.3 is 10.1 Å². The van der Waals surface area contributed by atoms with Crippen LogP contribution in [0.3, 0.4) is 0 Å². The first-order valence-corrected chi connectivity index (χ1v) is 6.37. The second-order valence-corrected chi connectivity index (χ2v) is 4.41. The second kappa shape index (κ2) is 6.65. The van der Waals surface area contributed by atoms with Crippen LogP contribution in [0.25, 0.3) is 0 Å². The highest BCUT2D eigenvalue weighted by Crippen LogP contribution is 2.18. The van der Waals surface area contributed by atoms with Crippen LogP contribution in [0, 0.1) is 5.82 Å². The molecular weight excluding hydrogens is 273 g/mol. The molecule has 2 aromatic carbocycles. The number of amides is 1. The molecule has 0 aliphatic heterocycles. The molecule has 0 aliphatic carbocycles. The topological polar surface area (TPSA) is 55.4 Å². The van der Waals surface area contributed by atoms with Crippen molar-refractivity contribution in [1.29, 1.82) is 0 Å². The molecule has 0 aliphatic rings. The zero-order valence-corrected chi connectivity index (χ0v) is 11.4. The molecule has 1 atom stereocenters. The molecule has 21 heavy (non-hydrogen) atoms. The molecule has 5 heteroatoms. The lowest BCUT2D eigenvalue weighted by molar-refractivity contribution is -0.122. The molecule has 0 spiro atoms. The van der Waals surface area contributed by atoms with Crippen molar-refractivity contribution >= 4 is 17.9 Å². The molecule has 2 aromatic rings. The largest absolute Gasteiger partial charge is 0.480 e. The van der Waals surface area contributed by atoms with E-state index in [2.05, 4.69) is 5.32 Å². The molecular formula is C16H14FNO3. The molecule has 0 fully saturated rings. The number of hydrogen-bond donors (Lipinski definition) is 1. The van der Waals surface area contributed by atoms with E-state index in [9.17, 15) is 14.0 Å². The Balaban J connectivity index is 2.02. The van der Waals surface area contributed by atoms with Crippen LogP contribution in [-0.2, 0) is 4.79 Å². The second-order valence-electron chi connectivity index (χ2n) is 4.41. The van der Waals surface area contributed by atoms with E-state index < -0.39 is 6.10 Å². The van der Waals surface area contributed by atoms with Crippen LogP contribution in [0.4, 0.5) is 10.1 Å². The maximum atomic E-state index is 12.8. The van der Waals surface area contributed by atoms with Crippen LogP contribution in [0.15, 0.2) is 48.5 Å². The lowest BCUT2D eigenvalue weighted by Crippen LogP contribution is -2.30. The highest BCUT2D eigenvalue weighted by molar-refractivity contribution is 5.94. The van der Waals surface area contributed by atoms with Gasteiger partial charge in [0.05, 0.1) is 5.56 Å². The zero-order valence-electron chi connectivity index (χ0n) is 11.4. The Morgan fingerprint density at radius 3 is 2.52 bits per heavy atom. The third-order valence-electron chi connectivity index (χ3n) is 2.83. The minimum atomic E-state index is -0.795. The van der Waals surface area contributed by atoms with E-state index in [-0.39, 0.29) is 11.7 Å². The minimum absolute atomic E-state index is 0.342. The average Bonchev–Trinajstić information content (AvgIpc) is 2.50. The van der Waals surface area contributed by atoms with Gasteiger partial charge in [-0.3, -0.25) is 9.59 Å². The molecule has 0 radical (unpaired) electrons. The van der Waals surface area contributed by atoms with E-state index in [4.69, 9.17) is 4.74 Å². The van der Waals surface area contributed by atoms with Crippen LogP contribution in [0.2, 0.25) is 0 Å². The number of anilines is 1. The lowest BCUT2D eigenvalue weighted by Gasteiger charge is -2.15. The van der Waals surface area contributed by atoms with Gasteiger partial charge in [-0.1, -0.05) is 12.1 Å². The van der Waals surface area contributed by atoms with E-state index in [1.54, 1.807) is 31.2 Å². The van der Waals surface area contributed by atoms with Crippen molar-refractivity contribution in [2.24, 2.45) is 0 Å². The monoisotopic (exact) mass is 287 g/mol. The summed E-state index contributed by atoms with van der Waals surface area (Å²) < 4.78 is 18.3. The van der Waals surface area contributed by atoms with Gasteiger partial charge in [-0.25, -0.2) is 4.39 Å². The Morgan fingerprint density at radius 2 is 1.86 bits per heavy atom. The van der Waals surface area contributed by atoms with Gasteiger partial charge >= 0.3 is 0 Å². The third-order valence-corrected chi connectivity index (χ3v) is 2.83. The van der Waals surface area contributed by atoms with Crippen molar-refractivity contribution in [3.8, 4) is 5.75 Å². The van der Waals surface area contributed by atoms with Gasteiger partial charge in [0, 0.05) is 5.69 Å². The number of aldehydes is 1. The summed E-state index contributed by atoms with van der Waals surface area (Å²) in [6.07, 6.45) is -0.129. The van der Waals surface area contributed by atoms with E-state index in [0.29, 0.717) is 23.3 Å². The van der Waals surface area contributed by atoms with Crippen LogP contribution in [-0.4, -0.2) is 18.3 Å². The standard InChI is InChI=1S/C16H14FNO3/c1-11(21-15-5-3-2-4-12(15)10-19)16(20)18-14-8-6-13(17)7-9-14/h2-11H,1H3,(H,18,20)/t11-/m0/s1. The maximum Gasteiger partial charge on any atom is 0.265 e. The minimum Gasteiger partial charge on any atom is -0.480 e. The van der Waals surface area contributed by atoms with E-state index in [0.717, 1.165) is 0 Å². The Bertz CT molecular complexity index is 640. The fourth-order valence-corrected chi connectivity index (χ4v) is 1.71. The number of rotatable bonds is 5. The SMILES string of the molecule is C[C@H](Oc1ccccc1C=O)C(=O)Nc1ccc(F)cc1. The zero-order chi connectivity index (χ0) is 15.2. The van der Waals surface area contributed by atoms with Crippen LogP contribution in [0.1, 0.15) is 17.3 Å². The molecule has 2 rings (SSSR count). The van der Waals surface area contributed by atoms with Gasteiger partial charge in [0.1, 0.15) is 11.6 Å². The van der Waals surface area contributed by atoms with E-state index >= 15 is 0 Å². The van der Waals surface area contributed by atoms with Crippen LogP contribution < -0.4 is 10.1 Å². The Labute approximate surface area is 121 Å². The van der Waals surface area contributed by atoms with Crippen molar-refractivity contribution in [1.82, 2.24) is 0 Å². The molecule has 0 heterocycles. The van der Waals surface area contributed by atoms with Gasteiger partial charge in [-0.2, -0.15) is 0 Å². The number of benzene rings is 2. The molecule has 0 saturated carbocycles. The number of carbonyl (C=O) groups is 2. The number of para-hydroxylation sites is 1. The molecule has 0 unspecified atom stereocenters. The first-order chi connectivity index (χ1) is 10.1. The lowest BCUT2D eigenvalue weighted by atomic mass is 10.2. The van der Waals surface area contributed by atoms with Gasteiger partial charge in [-0.05, 0) is 43.3 Å². The summed E-state index contributed by atoms with van der Waals surface area (Å²) in [6, 6.07) is 12.1. The fourth-order valence-electron chi connectivity index (χ4n) is 1.71. The number of hydrogen-bond acceptors (Lipinski definition) is 3. The summed E-state index contributed by atoms with van der Waals surface area (Å²) in [7, 11) is 0. The first-order valence-electron chi connectivity index (χ1n) is 6.37. The summed E-state index contributed by atoms with van der Waals surface area (Å²) in [4.78, 5) is 22.9. The van der Waals surface area contributed by atoms with E-state index in [1.807, 2.05) is 0 Å². The summed E-state index contributed by atoms with van der Waals surface area (Å²) in [5.74, 6) is -0.422. The van der Waals surface area contributed by atoms with Crippen LogP contribution in [0.5, 0.6) is 5.75 Å². The van der Waals surface area contributed by atoms with Crippen molar-refractivity contribution < 1.29 is 18.7 Å². The predicted octanol–water partition coefficient (Wildman–Crippen LogP) is 3.04. The fraction of sp³-hybridized carbons (Fsp3) is 0.125. The molecule has 0 bridgehead atoms. The number of carbonyl (C=O) groups excluding carboxylic acids is 2. The molecule has 0 saturated heterocycles. The number of nitrogens with one attached hydrogen (secondary N) is 1. The summed E-state index contributed by atoms with van der Waals surface area (Å²) in [5.41, 5.74) is 0.847. The normalized spacial score (nSPS) is 11.5. The molecule has 4 nitrogen and oxygen atoms in total. The molecule has 0 aromatic heterocycles. The van der Waals surface area contributed by atoms with Crippen molar-refractivity contribution in [2.75, 3.05) is 5.32 Å². The quantitative estimate of drug-likeness (QED) is 0.860. The van der Waals surface area contributed by atoms with Crippen molar-refractivity contribution in [2.45, 2.75) is 13.0 Å². The Kier molecular flexibility index (Phi) is 4.66. The molecule has 108 valence electrons. The number of halogens is 1. The van der Waals surface area contributed by atoms with Crippen molar-refractivity contribution in [3.05, 3.63) is 59.9 Å². The highest BCUT2D eigenvalue weighted by Gasteiger charge is 2.16. The third kappa shape index (κ3) is 3.89. The van der Waals surface area contributed by atoms with E-state index in [1.165, 1.54) is 24.3 Å². The van der Waals surface area contributed by atoms with Gasteiger partial charge in [0.25, 0.3) is 5.91 Å². The smallest absolute Gasteiger partial charge is 0.265 e. The van der Waals surface area contributed by atoms with Crippen LogP contribution >= 0.6 is 0 Å². The summed E-state index contributed by atoms with van der Waals surface area (Å²) >= 11 is 0. The Morgan fingerprint density at radius 1 is 1.19 bits per heavy atom. The first kappa shape index (κ1) is 14.7. The Hall–Kier alpha value is -2.69. The average molecular weight is 287 g/mol. The van der Waals surface area contributed by atoms with Gasteiger partial charge in [-0.15, -0.1) is 0 Å². The molecule has 1 N–H and O–H groups in total. The summed E-state index contributed by atoms with van der Waals surface area (Å²) in [6.45, 7) is 1.57. The predicted molar refractivity (Wildman–Crippen MR) is 76.9 cm³/mol.